The summed E-state index contributed by atoms with van der Waals surface area (Å²) in [5, 5.41) is 7.78. The molecule has 21 heavy (non-hydrogen) atoms. The largest absolute Gasteiger partial charge is 0.398 e. The average molecular weight is 307 g/mol. The maximum atomic E-state index is 11.9. The zero-order chi connectivity index (χ0) is 15.4. The van der Waals surface area contributed by atoms with Gasteiger partial charge in [-0.2, -0.15) is 5.10 Å². The van der Waals surface area contributed by atoms with E-state index < -0.39 is 0 Å². The molecule has 2 rings (SSSR count). The summed E-state index contributed by atoms with van der Waals surface area (Å²) in [5.41, 5.74) is 8.94. The zero-order valence-electron chi connectivity index (χ0n) is 12.2. The summed E-state index contributed by atoms with van der Waals surface area (Å²) in [6, 6.07) is 5.49. The van der Waals surface area contributed by atoms with Crippen LogP contribution < -0.4 is 11.1 Å². The van der Waals surface area contributed by atoms with Gasteiger partial charge in [-0.25, -0.2) is 0 Å². The second kappa shape index (κ2) is 6.63. The number of nitrogens with one attached hydrogen (secondary N) is 1. The van der Waals surface area contributed by atoms with Crippen molar-refractivity contribution in [1.29, 1.82) is 0 Å². The van der Waals surface area contributed by atoms with Crippen molar-refractivity contribution < 1.29 is 4.79 Å². The van der Waals surface area contributed by atoms with Crippen LogP contribution in [-0.2, 0) is 11.3 Å². The van der Waals surface area contributed by atoms with Crippen molar-refractivity contribution in [2.75, 3.05) is 11.1 Å². The van der Waals surface area contributed by atoms with Crippen LogP contribution in [0.25, 0.3) is 0 Å². The van der Waals surface area contributed by atoms with Crippen molar-refractivity contribution in [3.05, 3.63) is 40.7 Å². The Morgan fingerprint density at radius 3 is 2.86 bits per heavy atom. The highest BCUT2D eigenvalue weighted by Crippen LogP contribution is 2.20. The molecular formula is C15H19ClN4O. The Hall–Kier alpha value is -2.01. The van der Waals surface area contributed by atoms with Gasteiger partial charge >= 0.3 is 0 Å². The predicted octanol–water partition coefficient (Wildman–Crippen LogP) is 3.15. The molecule has 0 spiro atoms. The molecule has 0 aliphatic heterocycles. The number of aromatic nitrogens is 2. The van der Waals surface area contributed by atoms with E-state index >= 15 is 0 Å². The van der Waals surface area contributed by atoms with Gasteiger partial charge in [0.1, 0.15) is 0 Å². The summed E-state index contributed by atoms with van der Waals surface area (Å²) < 4.78 is 1.76. The van der Waals surface area contributed by atoms with E-state index in [1.807, 2.05) is 32.0 Å². The maximum absolute atomic E-state index is 11.9. The Morgan fingerprint density at radius 1 is 1.43 bits per heavy atom. The van der Waals surface area contributed by atoms with E-state index in [1.165, 1.54) is 0 Å². The average Bonchev–Trinajstić information content (AvgIpc) is 2.74. The smallest absolute Gasteiger partial charge is 0.224 e. The number of halogens is 1. The van der Waals surface area contributed by atoms with Gasteiger partial charge in [0.25, 0.3) is 0 Å². The molecule has 2 aromatic rings. The van der Waals surface area contributed by atoms with Crippen LogP contribution in [0.3, 0.4) is 0 Å². The molecule has 0 aliphatic rings. The molecule has 0 saturated heterocycles. The Balaban J connectivity index is 1.83. The zero-order valence-corrected chi connectivity index (χ0v) is 12.9. The number of nitrogen functional groups attached to an aromatic ring is 1. The summed E-state index contributed by atoms with van der Waals surface area (Å²) in [4.78, 5) is 11.9. The van der Waals surface area contributed by atoms with Crippen LogP contribution in [0.4, 0.5) is 11.4 Å². The van der Waals surface area contributed by atoms with E-state index in [1.54, 1.807) is 10.9 Å². The molecule has 0 aliphatic carbocycles. The lowest BCUT2D eigenvalue weighted by molar-refractivity contribution is -0.116. The number of nitrogens with two attached hydrogens (primary N) is 1. The molecule has 5 nitrogen and oxygen atoms in total. The predicted molar refractivity (Wildman–Crippen MR) is 85.4 cm³/mol. The van der Waals surface area contributed by atoms with Crippen molar-refractivity contribution in [2.45, 2.75) is 33.2 Å². The lowest BCUT2D eigenvalue weighted by Crippen LogP contribution is -2.13. The highest BCUT2D eigenvalue weighted by atomic mass is 35.5. The summed E-state index contributed by atoms with van der Waals surface area (Å²) in [7, 11) is 0. The standard InChI is InChI=1S/C15H19ClN4O/c1-10-13(17)5-3-6-14(10)18-15(21)7-4-8-20-9-12(16)11(2)19-20/h3,5-6,9H,4,7-8,17H2,1-2H3,(H,18,21). The van der Waals surface area contributed by atoms with Crippen molar-refractivity contribution in [3.63, 3.8) is 0 Å². The second-order valence-corrected chi connectivity index (χ2v) is 5.40. The molecular weight excluding hydrogens is 288 g/mol. The monoisotopic (exact) mass is 306 g/mol. The van der Waals surface area contributed by atoms with Crippen LogP contribution in [0.2, 0.25) is 5.02 Å². The Bertz CT molecular complexity index is 632. The molecule has 0 fully saturated rings. The van der Waals surface area contributed by atoms with Crippen LogP contribution in [-0.4, -0.2) is 15.7 Å². The lowest BCUT2D eigenvalue weighted by Gasteiger charge is -2.10. The van der Waals surface area contributed by atoms with Crippen LogP contribution in [0.5, 0.6) is 0 Å². The highest BCUT2D eigenvalue weighted by Gasteiger charge is 2.07. The number of carbonyl (C=O) groups is 1. The van der Waals surface area contributed by atoms with Gasteiger partial charge < -0.3 is 11.1 Å². The third kappa shape index (κ3) is 3.98. The van der Waals surface area contributed by atoms with E-state index in [4.69, 9.17) is 17.3 Å². The van der Waals surface area contributed by atoms with Crippen LogP contribution in [0.1, 0.15) is 24.1 Å². The van der Waals surface area contributed by atoms with Gasteiger partial charge in [0.15, 0.2) is 0 Å². The number of nitrogens with zero attached hydrogens (tertiary/aromatic N) is 2. The lowest BCUT2D eigenvalue weighted by atomic mass is 10.1. The Kier molecular flexibility index (Phi) is 4.85. The van der Waals surface area contributed by atoms with E-state index in [0.29, 0.717) is 30.1 Å². The minimum Gasteiger partial charge on any atom is -0.398 e. The van der Waals surface area contributed by atoms with Gasteiger partial charge in [-0.1, -0.05) is 17.7 Å². The molecule has 1 aromatic carbocycles. The Labute approximate surface area is 129 Å². The molecule has 112 valence electrons. The molecule has 0 bridgehead atoms. The summed E-state index contributed by atoms with van der Waals surface area (Å²) in [5.74, 6) is -0.0290. The first-order chi connectivity index (χ1) is 9.97. The first kappa shape index (κ1) is 15.4. The molecule has 3 N–H and O–H groups in total. The third-order valence-corrected chi connectivity index (χ3v) is 3.70. The minimum absolute atomic E-state index is 0.0290. The van der Waals surface area contributed by atoms with E-state index in [2.05, 4.69) is 10.4 Å². The van der Waals surface area contributed by atoms with E-state index in [0.717, 1.165) is 16.9 Å². The number of hydrogen-bond donors (Lipinski definition) is 2. The highest BCUT2D eigenvalue weighted by molar-refractivity contribution is 6.31. The van der Waals surface area contributed by atoms with Crippen LogP contribution >= 0.6 is 11.6 Å². The number of amides is 1. The summed E-state index contributed by atoms with van der Waals surface area (Å²) in [6.45, 7) is 4.41. The fourth-order valence-corrected chi connectivity index (χ4v) is 2.16. The summed E-state index contributed by atoms with van der Waals surface area (Å²) >= 11 is 5.94. The first-order valence-electron chi connectivity index (χ1n) is 6.82. The van der Waals surface area contributed by atoms with Gasteiger partial charge in [-0.3, -0.25) is 9.48 Å². The van der Waals surface area contributed by atoms with Gasteiger partial charge in [0.2, 0.25) is 5.91 Å². The number of anilines is 2. The van der Waals surface area contributed by atoms with Crippen molar-refractivity contribution in [2.24, 2.45) is 0 Å². The molecule has 0 radical (unpaired) electrons. The van der Waals surface area contributed by atoms with E-state index in [9.17, 15) is 4.79 Å². The van der Waals surface area contributed by atoms with Crippen LogP contribution in [0, 0.1) is 13.8 Å². The number of rotatable bonds is 5. The van der Waals surface area contributed by atoms with Gasteiger partial charge in [0, 0.05) is 30.5 Å². The normalized spacial score (nSPS) is 10.6. The second-order valence-electron chi connectivity index (χ2n) is 5.00. The molecule has 1 heterocycles. The SMILES string of the molecule is Cc1nn(CCCC(=O)Nc2cccc(N)c2C)cc1Cl. The fraction of sp³-hybridized carbons (Fsp3) is 0.333. The van der Waals surface area contributed by atoms with Crippen molar-refractivity contribution >= 4 is 28.9 Å². The van der Waals surface area contributed by atoms with Gasteiger partial charge in [0.05, 0.1) is 10.7 Å². The number of hydrogen-bond acceptors (Lipinski definition) is 3. The van der Waals surface area contributed by atoms with Crippen LogP contribution in [0.15, 0.2) is 24.4 Å². The van der Waals surface area contributed by atoms with Gasteiger partial charge in [-0.15, -0.1) is 0 Å². The third-order valence-electron chi connectivity index (χ3n) is 3.33. The number of aryl methyl sites for hydroxylation is 2. The van der Waals surface area contributed by atoms with Crippen molar-refractivity contribution in [1.82, 2.24) is 9.78 Å². The Morgan fingerprint density at radius 2 is 2.19 bits per heavy atom. The topological polar surface area (TPSA) is 72.9 Å². The van der Waals surface area contributed by atoms with E-state index in [-0.39, 0.29) is 5.91 Å². The quantitative estimate of drug-likeness (QED) is 0.833. The first-order valence-corrected chi connectivity index (χ1v) is 7.19. The minimum atomic E-state index is -0.0290. The molecule has 6 heteroatoms. The molecule has 1 aromatic heterocycles. The fourth-order valence-electron chi connectivity index (χ4n) is 2.01. The number of carbonyl (C=O) groups excluding carboxylic acids is 1. The van der Waals surface area contributed by atoms with Crippen molar-refractivity contribution in [3.8, 4) is 0 Å². The molecule has 0 saturated carbocycles. The maximum Gasteiger partial charge on any atom is 0.224 e. The molecule has 0 unspecified atom stereocenters. The molecule has 0 atom stereocenters. The molecule has 1 amide bonds. The number of benzene rings is 1. The summed E-state index contributed by atoms with van der Waals surface area (Å²) in [6.07, 6.45) is 2.90. The van der Waals surface area contributed by atoms with Gasteiger partial charge in [-0.05, 0) is 38.0 Å².